The zero-order chi connectivity index (χ0) is 24.5. The van der Waals surface area contributed by atoms with Gasteiger partial charge in [0.1, 0.15) is 24.1 Å². The lowest BCUT2D eigenvalue weighted by atomic mass is 10.1. The molecule has 1 N–H and O–H groups in total. The minimum absolute atomic E-state index is 0.0576. The van der Waals surface area contributed by atoms with E-state index in [0.717, 1.165) is 12.8 Å². The van der Waals surface area contributed by atoms with E-state index in [9.17, 15) is 17.6 Å². The molecule has 1 aromatic heterocycles. The molecule has 10 heteroatoms. The third-order valence-electron chi connectivity index (χ3n) is 5.67. The first kappa shape index (κ1) is 24.0. The van der Waals surface area contributed by atoms with E-state index in [0.29, 0.717) is 53.3 Å². The Morgan fingerprint density at radius 3 is 2.53 bits per heavy atom. The van der Waals surface area contributed by atoms with Crippen LogP contribution in [0.3, 0.4) is 0 Å². The van der Waals surface area contributed by atoms with E-state index in [1.807, 2.05) is 0 Å². The van der Waals surface area contributed by atoms with Crippen molar-refractivity contribution in [3.05, 3.63) is 53.1 Å². The van der Waals surface area contributed by atoms with Gasteiger partial charge in [0.25, 0.3) is 0 Å². The van der Waals surface area contributed by atoms with Gasteiger partial charge >= 0.3 is 6.18 Å². The zero-order valence-corrected chi connectivity index (χ0v) is 19.1. The maximum absolute atomic E-state index is 14.4. The third kappa shape index (κ3) is 5.32. The van der Waals surface area contributed by atoms with Crippen molar-refractivity contribution in [1.82, 2.24) is 9.97 Å². The molecule has 182 valence electrons. The number of hydrogen-bond acceptors (Lipinski definition) is 6. The molecule has 1 fully saturated rings. The van der Waals surface area contributed by atoms with Crippen molar-refractivity contribution in [1.29, 1.82) is 0 Å². The highest BCUT2D eigenvalue weighted by Gasteiger charge is 2.38. The quantitative estimate of drug-likeness (QED) is 0.315. The number of hydrogen-bond donors (Lipinski definition) is 1. The summed E-state index contributed by atoms with van der Waals surface area (Å²) in [5.41, 5.74) is -0.948. The highest BCUT2D eigenvalue weighted by molar-refractivity contribution is 5.91. The fraction of sp³-hybridized carbons (Fsp3) is 0.417. The number of ether oxygens (including phenoxy) is 3. The van der Waals surface area contributed by atoms with E-state index in [1.165, 1.54) is 19.2 Å². The van der Waals surface area contributed by atoms with E-state index in [1.54, 1.807) is 19.1 Å². The molecule has 0 spiro atoms. The molecule has 0 amide bonds. The Morgan fingerprint density at radius 2 is 1.85 bits per heavy atom. The van der Waals surface area contributed by atoms with Crippen LogP contribution in [0.1, 0.15) is 36.7 Å². The van der Waals surface area contributed by atoms with Gasteiger partial charge < -0.3 is 19.5 Å². The minimum atomic E-state index is -4.78. The molecule has 6 nitrogen and oxygen atoms in total. The van der Waals surface area contributed by atoms with E-state index >= 15 is 0 Å². The van der Waals surface area contributed by atoms with E-state index in [2.05, 4.69) is 22.2 Å². The molecule has 0 bridgehead atoms. The van der Waals surface area contributed by atoms with Crippen molar-refractivity contribution in [3.63, 3.8) is 0 Å². The molecule has 0 saturated heterocycles. The normalized spacial score (nSPS) is 14.8. The predicted molar refractivity (Wildman–Crippen MR) is 119 cm³/mol. The van der Waals surface area contributed by atoms with Gasteiger partial charge in [0, 0.05) is 23.6 Å². The van der Waals surface area contributed by atoms with Gasteiger partial charge in [-0.3, -0.25) is 0 Å². The fourth-order valence-corrected chi connectivity index (χ4v) is 3.53. The van der Waals surface area contributed by atoms with Crippen LogP contribution in [0.4, 0.5) is 23.4 Å². The topological polar surface area (TPSA) is 65.5 Å². The molecule has 0 unspecified atom stereocenters. The summed E-state index contributed by atoms with van der Waals surface area (Å²) in [7, 11) is 1.51. The summed E-state index contributed by atoms with van der Waals surface area (Å²) < 4.78 is 70.7. The van der Waals surface area contributed by atoms with Gasteiger partial charge in [-0.2, -0.15) is 13.2 Å². The highest BCUT2D eigenvalue weighted by Crippen LogP contribution is 2.39. The van der Waals surface area contributed by atoms with Crippen molar-refractivity contribution < 1.29 is 31.8 Å². The van der Waals surface area contributed by atoms with E-state index in [-0.39, 0.29) is 17.7 Å². The molecule has 0 atom stereocenters. The van der Waals surface area contributed by atoms with Gasteiger partial charge in [-0.05, 0) is 38.8 Å². The Bertz CT molecular complexity index is 1200. The second-order valence-electron chi connectivity index (χ2n) is 8.42. The summed E-state index contributed by atoms with van der Waals surface area (Å²) in [6.45, 7) is 4.26. The average Bonchev–Trinajstić information content (AvgIpc) is 3.51. The summed E-state index contributed by atoms with van der Waals surface area (Å²) in [5.74, 6) is 0.376. The molecule has 1 aliphatic rings. The third-order valence-corrected chi connectivity index (χ3v) is 5.67. The van der Waals surface area contributed by atoms with Gasteiger partial charge in [0.05, 0.1) is 30.4 Å². The Morgan fingerprint density at radius 1 is 1.09 bits per heavy atom. The van der Waals surface area contributed by atoms with Crippen LogP contribution in [-0.4, -0.2) is 35.9 Å². The maximum atomic E-state index is 14.4. The first-order valence-electron chi connectivity index (χ1n) is 10.8. The fourth-order valence-electron chi connectivity index (χ4n) is 3.53. The number of rotatable bonds is 9. The van der Waals surface area contributed by atoms with E-state index < -0.39 is 17.6 Å². The highest BCUT2D eigenvalue weighted by atomic mass is 19.4. The number of benzene rings is 2. The van der Waals surface area contributed by atoms with Gasteiger partial charge in [0.2, 0.25) is 0 Å². The number of nitrogens with zero attached hydrogens (tertiary/aromatic N) is 2. The Labute approximate surface area is 194 Å². The number of nitrogens with one attached hydrogen (secondary N) is 1. The van der Waals surface area contributed by atoms with Crippen molar-refractivity contribution in [2.75, 3.05) is 25.6 Å². The summed E-state index contributed by atoms with van der Waals surface area (Å²) >= 11 is 0. The number of methoxy groups -OCH3 is 1. The second kappa shape index (κ2) is 9.25. The number of fused-ring (bicyclic) bond motifs is 1. The number of aromatic nitrogens is 2. The second-order valence-corrected chi connectivity index (χ2v) is 8.42. The largest absolute Gasteiger partial charge is 0.493 e. The van der Waals surface area contributed by atoms with Crippen LogP contribution in [0.2, 0.25) is 0 Å². The number of alkyl halides is 3. The molecule has 4 rings (SSSR count). The molecule has 0 aliphatic heterocycles. The van der Waals surface area contributed by atoms with Crippen LogP contribution in [0.5, 0.6) is 11.5 Å². The maximum Gasteiger partial charge on any atom is 0.419 e. The van der Waals surface area contributed by atoms with Crippen LogP contribution >= 0.6 is 0 Å². The SMILES string of the molecule is COc1cc2nc(C)nc(NCc3cccc(C(F)(F)F)c3F)c2cc1OCCOC1(C)CC1. The monoisotopic (exact) mass is 479 g/mol. The Balaban J connectivity index is 1.58. The number of halogens is 4. The van der Waals surface area contributed by atoms with Gasteiger partial charge in [0.15, 0.2) is 11.5 Å². The minimum Gasteiger partial charge on any atom is -0.493 e. The summed E-state index contributed by atoms with van der Waals surface area (Å²) in [5, 5.41) is 3.50. The molecule has 2 aromatic carbocycles. The van der Waals surface area contributed by atoms with Crippen molar-refractivity contribution in [3.8, 4) is 11.5 Å². The molecule has 1 heterocycles. The molecule has 1 aliphatic carbocycles. The van der Waals surface area contributed by atoms with Crippen molar-refractivity contribution in [2.24, 2.45) is 0 Å². The van der Waals surface area contributed by atoms with Gasteiger partial charge in [-0.15, -0.1) is 0 Å². The van der Waals surface area contributed by atoms with Crippen molar-refractivity contribution >= 4 is 16.7 Å². The van der Waals surface area contributed by atoms with Crippen molar-refractivity contribution in [2.45, 2.75) is 45.0 Å². The van der Waals surface area contributed by atoms with Crippen LogP contribution in [0.25, 0.3) is 10.9 Å². The summed E-state index contributed by atoms with van der Waals surface area (Å²) in [6, 6.07) is 6.57. The lowest BCUT2D eigenvalue weighted by Gasteiger charge is -2.16. The molecule has 0 radical (unpaired) electrons. The van der Waals surface area contributed by atoms with Crippen LogP contribution < -0.4 is 14.8 Å². The summed E-state index contributed by atoms with van der Waals surface area (Å²) in [4.78, 5) is 8.77. The average molecular weight is 479 g/mol. The number of anilines is 1. The molecular weight excluding hydrogens is 454 g/mol. The lowest BCUT2D eigenvalue weighted by Crippen LogP contribution is -2.15. The first-order valence-corrected chi connectivity index (χ1v) is 10.8. The number of aryl methyl sites for hydroxylation is 1. The lowest BCUT2D eigenvalue weighted by molar-refractivity contribution is -0.140. The summed E-state index contributed by atoms with van der Waals surface area (Å²) in [6.07, 6.45) is -2.71. The van der Waals surface area contributed by atoms with Gasteiger partial charge in [-0.25, -0.2) is 14.4 Å². The standard InChI is InChI=1S/C24H25F4N3O3/c1-14-30-18-12-19(32-3)20(33-9-10-34-23(2)7-8-23)11-16(18)22(31-14)29-13-15-5-4-6-17(21(15)25)24(26,27)28/h4-6,11-12H,7-10,13H2,1-3H3,(H,29,30,31). The van der Waals surface area contributed by atoms with Gasteiger partial charge in [-0.1, -0.05) is 12.1 Å². The Kier molecular flexibility index (Phi) is 6.53. The molecule has 34 heavy (non-hydrogen) atoms. The molecule has 3 aromatic rings. The predicted octanol–water partition coefficient (Wildman–Crippen LogP) is 5.66. The van der Waals surface area contributed by atoms with Crippen LogP contribution in [-0.2, 0) is 17.5 Å². The van der Waals surface area contributed by atoms with Crippen LogP contribution in [0, 0.1) is 12.7 Å². The molecule has 1 saturated carbocycles. The zero-order valence-electron chi connectivity index (χ0n) is 19.1. The smallest absolute Gasteiger partial charge is 0.419 e. The Hall–Kier alpha value is -3.14. The van der Waals surface area contributed by atoms with Crippen LogP contribution in [0.15, 0.2) is 30.3 Å². The first-order chi connectivity index (χ1) is 16.1. The molecular formula is C24H25F4N3O3. The van der Waals surface area contributed by atoms with E-state index in [4.69, 9.17) is 14.2 Å².